The van der Waals surface area contributed by atoms with Crippen LogP contribution < -0.4 is 10.2 Å². The lowest BCUT2D eigenvalue weighted by Gasteiger charge is -2.39. The van der Waals surface area contributed by atoms with Crippen molar-refractivity contribution in [2.24, 2.45) is 5.92 Å². The number of fused-ring (bicyclic) bond motifs is 1. The molecule has 1 aliphatic carbocycles. The van der Waals surface area contributed by atoms with E-state index in [4.69, 9.17) is 4.74 Å². The van der Waals surface area contributed by atoms with E-state index in [1.165, 1.54) is 25.7 Å². The van der Waals surface area contributed by atoms with E-state index in [9.17, 15) is 5.26 Å². The van der Waals surface area contributed by atoms with Crippen LogP contribution in [0.1, 0.15) is 45.1 Å². The molecule has 148 valence electrons. The van der Waals surface area contributed by atoms with Crippen LogP contribution in [0.25, 0.3) is 10.9 Å². The van der Waals surface area contributed by atoms with Gasteiger partial charge in [0.2, 0.25) is 0 Å². The molecule has 1 N–H and O–H groups in total. The Hall–Kier alpha value is -2.16. The molecule has 4 atom stereocenters. The van der Waals surface area contributed by atoms with Gasteiger partial charge in [-0.25, -0.2) is 0 Å². The molecule has 0 spiro atoms. The van der Waals surface area contributed by atoms with Crippen LogP contribution in [0.3, 0.4) is 0 Å². The number of nitrogens with zero attached hydrogens (tertiary/aromatic N) is 3. The molecular formula is C23H30N4O. The van der Waals surface area contributed by atoms with Crippen LogP contribution in [0.15, 0.2) is 30.5 Å². The number of benzene rings is 1. The Kier molecular flexibility index (Phi) is 5.79. The van der Waals surface area contributed by atoms with Crippen molar-refractivity contribution in [3.63, 3.8) is 0 Å². The van der Waals surface area contributed by atoms with Gasteiger partial charge in [0.1, 0.15) is 6.07 Å². The third kappa shape index (κ3) is 4.14. The van der Waals surface area contributed by atoms with Crippen molar-refractivity contribution in [2.45, 2.75) is 57.8 Å². The van der Waals surface area contributed by atoms with E-state index in [0.29, 0.717) is 11.6 Å². The molecule has 5 nitrogen and oxygen atoms in total. The lowest BCUT2D eigenvalue weighted by Crippen LogP contribution is -2.51. The smallest absolute Gasteiger partial charge is 0.101 e. The van der Waals surface area contributed by atoms with Crippen LogP contribution in [-0.2, 0) is 4.74 Å². The number of rotatable bonds is 4. The van der Waals surface area contributed by atoms with Crippen molar-refractivity contribution in [1.82, 2.24) is 10.3 Å². The molecule has 0 radical (unpaired) electrons. The Balaban J connectivity index is 1.49. The number of nitriles is 1. The maximum Gasteiger partial charge on any atom is 0.101 e. The van der Waals surface area contributed by atoms with Gasteiger partial charge in [0.15, 0.2) is 0 Å². The number of ether oxygens (including phenoxy) is 1. The predicted molar refractivity (Wildman–Crippen MR) is 112 cm³/mol. The van der Waals surface area contributed by atoms with Crippen molar-refractivity contribution in [3.05, 3.63) is 36.0 Å². The van der Waals surface area contributed by atoms with Crippen molar-refractivity contribution in [2.75, 3.05) is 24.5 Å². The number of hydrogen-bond donors (Lipinski definition) is 1. The SMILES string of the molecule is CC1CCCC(NC[C@@H]2CN(c3ccc(C#N)c4ncccc34)C[C@@H](C)O2)C1. The van der Waals surface area contributed by atoms with Crippen molar-refractivity contribution in [3.8, 4) is 6.07 Å². The van der Waals surface area contributed by atoms with Crippen LogP contribution in [0.5, 0.6) is 0 Å². The van der Waals surface area contributed by atoms with E-state index >= 15 is 0 Å². The van der Waals surface area contributed by atoms with E-state index < -0.39 is 0 Å². The van der Waals surface area contributed by atoms with Gasteiger partial charge >= 0.3 is 0 Å². The number of nitrogens with one attached hydrogen (secondary N) is 1. The Labute approximate surface area is 167 Å². The third-order valence-electron chi connectivity index (χ3n) is 6.10. The Morgan fingerprint density at radius 1 is 1.25 bits per heavy atom. The molecule has 2 aliphatic rings. The molecule has 5 heteroatoms. The summed E-state index contributed by atoms with van der Waals surface area (Å²) in [5.41, 5.74) is 2.56. The summed E-state index contributed by atoms with van der Waals surface area (Å²) in [7, 11) is 0. The van der Waals surface area contributed by atoms with Gasteiger partial charge in [0.05, 0.1) is 23.3 Å². The summed E-state index contributed by atoms with van der Waals surface area (Å²) in [4.78, 5) is 6.86. The first-order valence-electron chi connectivity index (χ1n) is 10.6. The number of morpholine rings is 1. The summed E-state index contributed by atoms with van der Waals surface area (Å²) >= 11 is 0. The molecule has 2 aromatic rings. The van der Waals surface area contributed by atoms with Gasteiger partial charge in [-0.3, -0.25) is 4.98 Å². The minimum absolute atomic E-state index is 0.170. The topological polar surface area (TPSA) is 61.2 Å². The van der Waals surface area contributed by atoms with Gasteiger partial charge in [0, 0.05) is 42.9 Å². The minimum Gasteiger partial charge on any atom is -0.370 e. The minimum atomic E-state index is 0.170. The second-order valence-corrected chi connectivity index (χ2v) is 8.49. The Bertz CT molecular complexity index is 861. The Morgan fingerprint density at radius 3 is 2.96 bits per heavy atom. The summed E-state index contributed by atoms with van der Waals surface area (Å²) in [6.45, 7) is 7.11. The van der Waals surface area contributed by atoms with E-state index in [2.05, 4.69) is 47.3 Å². The first-order chi connectivity index (χ1) is 13.6. The summed E-state index contributed by atoms with van der Waals surface area (Å²) in [5, 5.41) is 14.2. The zero-order chi connectivity index (χ0) is 19.5. The largest absolute Gasteiger partial charge is 0.370 e. The van der Waals surface area contributed by atoms with Crippen LogP contribution in [0.2, 0.25) is 0 Å². The summed E-state index contributed by atoms with van der Waals surface area (Å²) < 4.78 is 6.24. The first-order valence-corrected chi connectivity index (χ1v) is 10.6. The molecule has 0 bridgehead atoms. The maximum atomic E-state index is 9.40. The zero-order valence-electron chi connectivity index (χ0n) is 16.9. The highest BCUT2D eigenvalue weighted by Gasteiger charge is 2.28. The normalized spacial score (nSPS) is 28.2. The van der Waals surface area contributed by atoms with Gasteiger partial charge in [-0.1, -0.05) is 19.8 Å². The molecule has 4 rings (SSSR count). The summed E-state index contributed by atoms with van der Waals surface area (Å²) in [6.07, 6.45) is 7.35. The van der Waals surface area contributed by atoms with Gasteiger partial charge in [-0.15, -0.1) is 0 Å². The van der Waals surface area contributed by atoms with Crippen molar-refractivity contribution >= 4 is 16.6 Å². The monoisotopic (exact) mass is 378 g/mol. The molecule has 1 saturated carbocycles. The van der Waals surface area contributed by atoms with E-state index in [0.717, 1.165) is 42.1 Å². The Morgan fingerprint density at radius 2 is 2.14 bits per heavy atom. The molecule has 28 heavy (non-hydrogen) atoms. The zero-order valence-corrected chi connectivity index (χ0v) is 16.9. The molecule has 1 saturated heterocycles. The molecular weight excluding hydrogens is 348 g/mol. The van der Waals surface area contributed by atoms with Gasteiger partial charge in [0.25, 0.3) is 0 Å². The number of anilines is 1. The quantitative estimate of drug-likeness (QED) is 0.875. The number of aromatic nitrogens is 1. The standard InChI is InChI=1S/C23H30N4O/c1-16-5-3-6-19(11-16)26-13-20-15-27(14-17(2)28-20)22-9-8-18(12-24)23-21(22)7-4-10-25-23/h4,7-10,16-17,19-20,26H,3,5-6,11,13-15H2,1-2H3/t16?,17-,19?,20-/m1/s1. The van der Waals surface area contributed by atoms with Crippen LogP contribution in [0, 0.1) is 17.2 Å². The maximum absolute atomic E-state index is 9.40. The third-order valence-corrected chi connectivity index (χ3v) is 6.10. The molecule has 1 aromatic carbocycles. The number of pyridine rings is 1. The second-order valence-electron chi connectivity index (χ2n) is 8.49. The molecule has 1 aromatic heterocycles. The molecule has 1 aliphatic heterocycles. The van der Waals surface area contributed by atoms with Gasteiger partial charge in [-0.05, 0) is 49.9 Å². The lowest BCUT2D eigenvalue weighted by molar-refractivity contribution is -0.0165. The van der Waals surface area contributed by atoms with Crippen LogP contribution >= 0.6 is 0 Å². The summed E-state index contributed by atoms with van der Waals surface area (Å²) in [6, 6.07) is 10.8. The molecule has 0 amide bonds. The molecule has 2 heterocycles. The highest BCUT2D eigenvalue weighted by Crippen LogP contribution is 2.30. The van der Waals surface area contributed by atoms with E-state index in [-0.39, 0.29) is 12.2 Å². The first kappa shape index (κ1) is 19.2. The average Bonchev–Trinajstić information content (AvgIpc) is 2.71. The van der Waals surface area contributed by atoms with E-state index in [1.807, 2.05) is 12.1 Å². The van der Waals surface area contributed by atoms with Crippen molar-refractivity contribution in [1.29, 1.82) is 5.26 Å². The van der Waals surface area contributed by atoms with Crippen LogP contribution in [0.4, 0.5) is 5.69 Å². The number of hydrogen-bond acceptors (Lipinski definition) is 5. The second kappa shape index (κ2) is 8.46. The predicted octanol–water partition coefficient (Wildman–Crippen LogP) is 3.87. The lowest BCUT2D eigenvalue weighted by atomic mass is 9.87. The molecule has 2 fully saturated rings. The van der Waals surface area contributed by atoms with E-state index in [1.54, 1.807) is 6.20 Å². The average molecular weight is 379 g/mol. The fourth-order valence-electron chi connectivity index (χ4n) is 4.80. The highest BCUT2D eigenvalue weighted by molar-refractivity contribution is 5.95. The van der Waals surface area contributed by atoms with Gasteiger partial charge < -0.3 is 15.0 Å². The fraction of sp³-hybridized carbons (Fsp3) is 0.565. The fourth-order valence-corrected chi connectivity index (χ4v) is 4.80. The summed E-state index contributed by atoms with van der Waals surface area (Å²) in [5.74, 6) is 0.825. The van der Waals surface area contributed by atoms with Crippen molar-refractivity contribution < 1.29 is 4.74 Å². The van der Waals surface area contributed by atoms with Crippen LogP contribution in [-0.4, -0.2) is 42.9 Å². The highest BCUT2D eigenvalue weighted by atomic mass is 16.5. The van der Waals surface area contributed by atoms with Gasteiger partial charge in [-0.2, -0.15) is 5.26 Å². The molecule has 2 unspecified atom stereocenters.